The van der Waals surface area contributed by atoms with Gasteiger partial charge < -0.3 is 31.5 Å². The lowest BCUT2D eigenvalue weighted by molar-refractivity contribution is 0.0938. The summed E-state index contributed by atoms with van der Waals surface area (Å²) in [5.41, 5.74) is 2.31. The lowest BCUT2D eigenvalue weighted by atomic mass is 9.86. The van der Waals surface area contributed by atoms with Crippen LogP contribution in [-0.2, 0) is 0 Å². The minimum absolute atomic E-state index is 0.146. The van der Waals surface area contributed by atoms with Gasteiger partial charge in [0.1, 0.15) is 11.6 Å². The summed E-state index contributed by atoms with van der Waals surface area (Å²) in [6.07, 6.45) is 0.454. The first-order valence-corrected chi connectivity index (χ1v) is 11.1. The van der Waals surface area contributed by atoms with Gasteiger partial charge in [-0.25, -0.2) is 9.78 Å². The zero-order valence-corrected chi connectivity index (χ0v) is 20.1. The Bertz CT molecular complexity index is 1210. The van der Waals surface area contributed by atoms with Crippen molar-refractivity contribution in [2.24, 2.45) is 5.41 Å². The van der Waals surface area contributed by atoms with E-state index < -0.39 is 12.1 Å². The van der Waals surface area contributed by atoms with Gasteiger partial charge in [-0.2, -0.15) is 4.98 Å². The van der Waals surface area contributed by atoms with E-state index in [4.69, 9.17) is 5.11 Å². The van der Waals surface area contributed by atoms with Crippen molar-refractivity contribution in [1.82, 2.24) is 20.6 Å². The molecule has 3 aromatic rings. The molecule has 1 atom stereocenters. The molecule has 6 N–H and O–H groups in total. The number of carbonyl (C=O) groups is 2. The summed E-state index contributed by atoms with van der Waals surface area (Å²) in [5.74, 6) is 0.673. The summed E-state index contributed by atoms with van der Waals surface area (Å²) in [4.78, 5) is 32.5. The Kier molecular flexibility index (Phi) is 7.75. The summed E-state index contributed by atoms with van der Waals surface area (Å²) in [6, 6.07) is 13.1. The van der Waals surface area contributed by atoms with Gasteiger partial charge >= 0.3 is 6.09 Å². The van der Waals surface area contributed by atoms with E-state index in [1.807, 2.05) is 27.7 Å². The lowest BCUT2D eigenvalue weighted by Gasteiger charge is -2.30. The van der Waals surface area contributed by atoms with E-state index in [1.165, 1.54) is 0 Å². The number of benzene rings is 2. The lowest BCUT2D eigenvalue weighted by Crippen LogP contribution is -2.50. The molecule has 1 unspecified atom stereocenters. The highest BCUT2D eigenvalue weighted by atomic mass is 16.4. The van der Waals surface area contributed by atoms with Crippen LogP contribution in [0.1, 0.15) is 36.7 Å². The number of amides is 2. The molecular weight excluding hydrogens is 448 g/mol. The van der Waals surface area contributed by atoms with Crippen molar-refractivity contribution in [2.75, 3.05) is 17.2 Å². The number of aromatic hydroxyl groups is 1. The van der Waals surface area contributed by atoms with Crippen LogP contribution in [0.25, 0.3) is 0 Å². The number of hydrogen-bond donors (Lipinski definition) is 6. The summed E-state index contributed by atoms with van der Waals surface area (Å²) in [7, 11) is 0. The van der Waals surface area contributed by atoms with Crippen LogP contribution in [0.5, 0.6) is 5.75 Å². The SMILES string of the molecule is Cc1ccc(O)cc1Nc1ccnc(Nc2cccc(C(=O)NCC(NC(=O)O)C(C)(C)C)c2)n1. The van der Waals surface area contributed by atoms with Gasteiger partial charge in [0.05, 0.1) is 6.04 Å². The number of anilines is 4. The van der Waals surface area contributed by atoms with Crippen molar-refractivity contribution in [3.63, 3.8) is 0 Å². The second kappa shape index (κ2) is 10.7. The van der Waals surface area contributed by atoms with Crippen molar-refractivity contribution in [3.8, 4) is 5.75 Å². The first-order valence-electron chi connectivity index (χ1n) is 11.1. The fourth-order valence-electron chi connectivity index (χ4n) is 3.26. The van der Waals surface area contributed by atoms with Crippen LogP contribution in [0.3, 0.4) is 0 Å². The van der Waals surface area contributed by atoms with E-state index in [9.17, 15) is 14.7 Å². The molecule has 1 aromatic heterocycles. The molecule has 0 radical (unpaired) electrons. The van der Waals surface area contributed by atoms with Crippen LogP contribution in [-0.4, -0.2) is 44.8 Å². The topological polar surface area (TPSA) is 148 Å². The molecule has 10 nitrogen and oxygen atoms in total. The molecule has 184 valence electrons. The minimum Gasteiger partial charge on any atom is -0.508 e. The van der Waals surface area contributed by atoms with Crippen molar-refractivity contribution in [1.29, 1.82) is 0 Å². The zero-order chi connectivity index (χ0) is 25.6. The summed E-state index contributed by atoms with van der Waals surface area (Å²) in [5, 5.41) is 30.3. The quantitative estimate of drug-likeness (QED) is 0.279. The first kappa shape index (κ1) is 25.3. The number of nitrogens with one attached hydrogen (secondary N) is 4. The van der Waals surface area contributed by atoms with Gasteiger partial charge in [-0.15, -0.1) is 0 Å². The fourth-order valence-corrected chi connectivity index (χ4v) is 3.26. The standard InChI is InChI=1S/C25H30N6O4/c1-15-8-9-18(32)13-19(15)29-21-10-11-26-23(31-21)28-17-7-5-6-16(12-17)22(33)27-14-20(25(2,3)4)30-24(34)35/h5-13,20,30,32H,14H2,1-4H3,(H,27,33)(H,34,35)(H2,26,28,29,31). The fraction of sp³-hybridized carbons (Fsp3) is 0.280. The summed E-state index contributed by atoms with van der Waals surface area (Å²) >= 11 is 0. The van der Waals surface area contributed by atoms with E-state index in [0.29, 0.717) is 23.0 Å². The smallest absolute Gasteiger partial charge is 0.404 e. The number of rotatable bonds is 8. The van der Waals surface area contributed by atoms with E-state index >= 15 is 0 Å². The molecule has 35 heavy (non-hydrogen) atoms. The molecule has 0 spiro atoms. The molecule has 3 rings (SSSR count). The molecule has 0 fully saturated rings. The Morgan fingerprint density at radius 1 is 1.06 bits per heavy atom. The van der Waals surface area contributed by atoms with Crippen molar-refractivity contribution in [3.05, 3.63) is 65.9 Å². The third-order valence-corrected chi connectivity index (χ3v) is 5.33. The number of nitrogens with zero attached hydrogens (tertiary/aromatic N) is 2. The highest BCUT2D eigenvalue weighted by Gasteiger charge is 2.26. The van der Waals surface area contributed by atoms with E-state index in [0.717, 1.165) is 11.3 Å². The predicted octanol–water partition coefficient (Wildman–Crippen LogP) is 4.39. The normalized spacial score (nSPS) is 11.9. The molecule has 0 bridgehead atoms. The molecule has 0 aliphatic heterocycles. The number of aryl methyl sites for hydroxylation is 1. The van der Waals surface area contributed by atoms with Crippen LogP contribution < -0.4 is 21.3 Å². The van der Waals surface area contributed by atoms with Crippen molar-refractivity contribution >= 4 is 35.1 Å². The third-order valence-electron chi connectivity index (χ3n) is 5.33. The summed E-state index contributed by atoms with van der Waals surface area (Å²) < 4.78 is 0. The average molecular weight is 479 g/mol. The second-order valence-electron chi connectivity index (χ2n) is 9.17. The second-order valence-corrected chi connectivity index (χ2v) is 9.17. The van der Waals surface area contributed by atoms with Crippen molar-refractivity contribution in [2.45, 2.75) is 33.7 Å². The number of phenolic OH excluding ortho intramolecular Hbond substituents is 1. The van der Waals surface area contributed by atoms with E-state index in [1.54, 1.807) is 54.7 Å². The maximum absolute atomic E-state index is 12.7. The van der Waals surface area contributed by atoms with Gasteiger partial charge in [0.25, 0.3) is 5.91 Å². The minimum atomic E-state index is -1.14. The molecule has 10 heteroatoms. The first-order chi connectivity index (χ1) is 16.5. The Hall–Kier alpha value is -4.34. The predicted molar refractivity (Wildman–Crippen MR) is 135 cm³/mol. The largest absolute Gasteiger partial charge is 0.508 e. The highest BCUT2D eigenvalue weighted by Crippen LogP contribution is 2.25. The monoisotopic (exact) mass is 478 g/mol. The van der Waals surface area contributed by atoms with Gasteiger partial charge in [0.2, 0.25) is 5.95 Å². The Morgan fingerprint density at radius 3 is 2.54 bits per heavy atom. The van der Waals surface area contributed by atoms with Gasteiger partial charge in [-0.05, 0) is 48.2 Å². The van der Waals surface area contributed by atoms with Crippen LogP contribution in [0.15, 0.2) is 54.7 Å². The molecule has 0 aliphatic rings. The van der Waals surface area contributed by atoms with E-state index in [2.05, 4.69) is 31.2 Å². The molecule has 0 saturated heterocycles. The maximum atomic E-state index is 12.7. The number of aromatic nitrogens is 2. The highest BCUT2D eigenvalue weighted by molar-refractivity contribution is 5.95. The molecule has 0 saturated carbocycles. The van der Waals surface area contributed by atoms with Crippen LogP contribution in [0, 0.1) is 12.3 Å². The van der Waals surface area contributed by atoms with Gasteiger partial charge in [0, 0.05) is 35.7 Å². The number of phenols is 1. The number of hydrogen-bond acceptors (Lipinski definition) is 7. The van der Waals surface area contributed by atoms with Gasteiger partial charge in [0.15, 0.2) is 0 Å². The Morgan fingerprint density at radius 2 is 1.83 bits per heavy atom. The maximum Gasteiger partial charge on any atom is 0.404 e. The average Bonchev–Trinajstić information content (AvgIpc) is 2.78. The van der Waals surface area contributed by atoms with Crippen LogP contribution in [0.2, 0.25) is 0 Å². The molecule has 0 aliphatic carbocycles. The molecular formula is C25H30N6O4. The van der Waals surface area contributed by atoms with Crippen molar-refractivity contribution < 1.29 is 19.8 Å². The number of carboxylic acid groups (broad SMARTS) is 1. The summed E-state index contributed by atoms with van der Waals surface area (Å²) in [6.45, 7) is 7.76. The zero-order valence-electron chi connectivity index (χ0n) is 20.1. The molecule has 1 heterocycles. The molecule has 2 aromatic carbocycles. The Labute approximate surface area is 203 Å². The van der Waals surface area contributed by atoms with Crippen LogP contribution >= 0.6 is 0 Å². The van der Waals surface area contributed by atoms with E-state index in [-0.39, 0.29) is 23.6 Å². The van der Waals surface area contributed by atoms with Crippen LogP contribution in [0.4, 0.5) is 27.9 Å². The Balaban J connectivity index is 1.68. The third kappa shape index (κ3) is 7.32. The van der Waals surface area contributed by atoms with Gasteiger partial charge in [-0.3, -0.25) is 4.79 Å². The van der Waals surface area contributed by atoms with Gasteiger partial charge in [-0.1, -0.05) is 32.9 Å². The number of carbonyl (C=O) groups excluding carboxylic acids is 1. The molecule has 2 amide bonds.